The van der Waals surface area contributed by atoms with Crippen LogP contribution in [0.1, 0.15) is 6.42 Å². The maximum absolute atomic E-state index is 5.99. The van der Waals surface area contributed by atoms with Crippen molar-refractivity contribution < 1.29 is 9.47 Å². The number of halogens is 3. The number of ether oxygens (including phenoxy) is 2. The SMILES string of the molecule is C=CCC1OC1COc1c(Cl)cc(Cl)cc1Cl. The molecule has 0 amide bonds. The molecule has 2 unspecified atom stereocenters. The van der Waals surface area contributed by atoms with Gasteiger partial charge in [0.2, 0.25) is 0 Å². The first-order valence-electron chi connectivity index (χ1n) is 5.15. The molecule has 0 aromatic heterocycles. The van der Waals surface area contributed by atoms with Gasteiger partial charge in [0.25, 0.3) is 0 Å². The third-order valence-corrected chi connectivity index (χ3v) is 3.22. The summed E-state index contributed by atoms with van der Waals surface area (Å²) in [6.45, 7) is 4.08. The molecular formula is C12H11Cl3O2. The van der Waals surface area contributed by atoms with Crippen molar-refractivity contribution in [3.63, 3.8) is 0 Å². The summed E-state index contributed by atoms with van der Waals surface area (Å²) in [7, 11) is 0. The summed E-state index contributed by atoms with van der Waals surface area (Å²) in [5, 5.41) is 1.30. The Hall–Kier alpha value is -0.410. The molecule has 2 nitrogen and oxygen atoms in total. The average Bonchev–Trinajstić information content (AvgIpc) is 2.95. The molecule has 1 heterocycles. The number of benzene rings is 1. The molecule has 1 aromatic carbocycles. The molecule has 2 rings (SSSR count). The zero-order valence-corrected chi connectivity index (χ0v) is 11.2. The van der Waals surface area contributed by atoms with E-state index < -0.39 is 0 Å². The molecule has 1 fully saturated rings. The summed E-state index contributed by atoms with van der Waals surface area (Å²) < 4.78 is 10.9. The highest BCUT2D eigenvalue weighted by Gasteiger charge is 2.38. The number of hydrogen-bond acceptors (Lipinski definition) is 2. The van der Waals surface area contributed by atoms with E-state index in [1.165, 1.54) is 0 Å². The van der Waals surface area contributed by atoms with Gasteiger partial charge in [0.1, 0.15) is 12.7 Å². The summed E-state index contributed by atoms with van der Waals surface area (Å²) in [6, 6.07) is 3.19. The number of hydrogen-bond donors (Lipinski definition) is 0. The number of rotatable bonds is 5. The first-order valence-corrected chi connectivity index (χ1v) is 6.29. The fraction of sp³-hybridized carbons (Fsp3) is 0.333. The molecule has 0 spiro atoms. The van der Waals surface area contributed by atoms with Crippen molar-refractivity contribution >= 4 is 34.8 Å². The van der Waals surface area contributed by atoms with Gasteiger partial charge in [0.15, 0.2) is 5.75 Å². The van der Waals surface area contributed by atoms with Crippen LogP contribution in [-0.4, -0.2) is 18.8 Å². The second kappa shape index (κ2) is 5.49. The van der Waals surface area contributed by atoms with Gasteiger partial charge in [-0.2, -0.15) is 0 Å². The minimum absolute atomic E-state index is 0.0933. The highest BCUT2D eigenvalue weighted by atomic mass is 35.5. The molecule has 17 heavy (non-hydrogen) atoms. The molecule has 5 heteroatoms. The van der Waals surface area contributed by atoms with E-state index in [9.17, 15) is 0 Å². The van der Waals surface area contributed by atoms with Crippen LogP contribution in [0, 0.1) is 0 Å². The van der Waals surface area contributed by atoms with E-state index in [0.29, 0.717) is 27.4 Å². The van der Waals surface area contributed by atoms with Crippen LogP contribution in [0.2, 0.25) is 15.1 Å². The minimum Gasteiger partial charge on any atom is -0.488 e. The predicted octanol–water partition coefficient (Wildman–Crippen LogP) is 4.37. The van der Waals surface area contributed by atoms with E-state index >= 15 is 0 Å². The van der Waals surface area contributed by atoms with E-state index in [1.54, 1.807) is 12.1 Å². The summed E-state index contributed by atoms with van der Waals surface area (Å²) in [5.74, 6) is 0.450. The van der Waals surface area contributed by atoms with Gasteiger partial charge < -0.3 is 9.47 Å². The largest absolute Gasteiger partial charge is 0.488 e. The van der Waals surface area contributed by atoms with Gasteiger partial charge in [-0.05, 0) is 18.6 Å². The van der Waals surface area contributed by atoms with E-state index in [0.717, 1.165) is 6.42 Å². The zero-order chi connectivity index (χ0) is 12.4. The molecule has 0 radical (unpaired) electrons. The quantitative estimate of drug-likeness (QED) is 0.594. The lowest BCUT2D eigenvalue weighted by Crippen LogP contribution is -2.07. The van der Waals surface area contributed by atoms with E-state index in [1.807, 2.05) is 6.08 Å². The van der Waals surface area contributed by atoms with Gasteiger partial charge in [0.05, 0.1) is 16.1 Å². The van der Waals surface area contributed by atoms with E-state index in [2.05, 4.69) is 6.58 Å². The third kappa shape index (κ3) is 3.29. The van der Waals surface area contributed by atoms with Crippen LogP contribution in [0.25, 0.3) is 0 Å². The highest BCUT2D eigenvalue weighted by molar-refractivity contribution is 6.40. The molecule has 0 N–H and O–H groups in total. The lowest BCUT2D eigenvalue weighted by atomic mass is 10.2. The minimum atomic E-state index is 0.0933. The Labute approximate surface area is 115 Å². The standard InChI is InChI=1S/C12H11Cl3O2/c1-2-3-10-11(17-10)6-16-12-8(14)4-7(13)5-9(12)15/h2,4-5,10-11H,1,3,6H2. The van der Waals surface area contributed by atoms with Gasteiger partial charge in [-0.15, -0.1) is 6.58 Å². The van der Waals surface area contributed by atoms with Crippen LogP contribution < -0.4 is 4.74 Å². The van der Waals surface area contributed by atoms with Crippen LogP contribution in [0.4, 0.5) is 0 Å². The fourth-order valence-electron chi connectivity index (χ4n) is 1.53. The molecule has 0 saturated carbocycles. The smallest absolute Gasteiger partial charge is 0.156 e. The third-order valence-electron chi connectivity index (χ3n) is 2.44. The van der Waals surface area contributed by atoms with Crippen molar-refractivity contribution in [3.05, 3.63) is 39.9 Å². The molecule has 1 aliphatic heterocycles. The maximum Gasteiger partial charge on any atom is 0.156 e. The van der Waals surface area contributed by atoms with Gasteiger partial charge >= 0.3 is 0 Å². The molecule has 1 saturated heterocycles. The molecule has 92 valence electrons. The Balaban J connectivity index is 1.94. The van der Waals surface area contributed by atoms with Crippen molar-refractivity contribution in [2.24, 2.45) is 0 Å². The maximum atomic E-state index is 5.99. The van der Waals surface area contributed by atoms with Gasteiger partial charge in [-0.25, -0.2) is 0 Å². The lowest BCUT2D eigenvalue weighted by Gasteiger charge is -2.08. The lowest BCUT2D eigenvalue weighted by molar-refractivity contribution is 0.260. The second-order valence-corrected chi connectivity index (χ2v) is 5.00. The van der Waals surface area contributed by atoms with Crippen LogP contribution in [0.15, 0.2) is 24.8 Å². The highest BCUT2D eigenvalue weighted by Crippen LogP contribution is 2.37. The van der Waals surface area contributed by atoms with Gasteiger partial charge in [-0.1, -0.05) is 40.9 Å². The molecular weight excluding hydrogens is 282 g/mol. The molecule has 1 aliphatic rings. The molecule has 0 bridgehead atoms. The fourth-order valence-corrected chi connectivity index (χ4v) is 2.46. The van der Waals surface area contributed by atoms with Crippen LogP contribution in [0.3, 0.4) is 0 Å². The topological polar surface area (TPSA) is 21.8 Å². The van der Waals surface area contributed by atoms with Crippen LogP contribution >= 0.6 is 34.8 Å². The molecule has 1 aromatic rings. The Kier molecular flexibility index (Phi) is 4.21. The Morgan fingerprint density at radius 3 is 2.47 bits per heavy atom. The molecule has 2 atom stereocenters. The zero-order valence-electron chi connectivity index (χ0n) is 8.96. The summed E-state index contributed by atoms with van der Waals surface area (Å²) in [6.07, 6.45) is 2.96. The van der Waals surface area contributed by atoms with Crippen molar-refractivity contribution in [1.82, 2.24) is 0 Å². The van der Waals surface area contributed by atoms with Crippen molar-refractivity contribution in [2.75, 3.05) is 6.61 Å². The Morgan fingerprint density at radius 1 is 1.24 bits per heavy atom. The number of epoxide rings is 1. The Morgan fingerprint density at radius 2 is 1.88 bits per heavy atom. The second-order valence-electron chi connectivity index (χ2n) is 3.75. The van der Waals surface area contributed by atoms with Crippen molar-refractivity contribution in [2.45, 2.75) is 18.6 Å². The first kappa shape index (κ1) is 13.0. The summed E-state index contributed by atoms with van der Waals surface area (Å²) in [5.41, 5.74) is 0. The Bertz CT molecular complexity index is 411. The van der Waals surface area contributed by atoms with Crippen molar-refractivity contribution in [1.29, 1.82) is 0 Å². The average molecular weight is 294 g/mol. The predicted molar refractivity (Wildman–Crippen MR) is 70.4 cm³/mol. The summed E-state index contributed by atoms with van der Waals surface area (Å²) >= 11 is 17.8. The van der Waals surface area contributed by atoms with Crippen LogP contribution in [0.5, 0.6) is 5.75 Å². The van der Waals surface area contributed by atoms with E-state index in [4.69, 9.17) is 44.3 Å². The summed E-state index contributed by atoms with van der Waals surface area (Å²) in [4.78, 5) is 0. The normalized spacial score (nSPS) is 22.3. The van der Waals surface area contributed by atoms with E-state index in [-0.39, 0.29) is 12.2 Å². The molecule has 0 aliphatic carbocycles. The van der Waals surface area contributed by atoms with Gasteiger partial charge in [-0.3, -0.25) is 0 Å². The monoisotopic (exact) mass is 292 g/mol. The first-order chi connectivity index (χ1) is 8.11. The van der Waals surface area contributed by atoms with Crippen molar-refractivity contribution in [3.8, 4) is 5.75 Å². The van der Waals surface area contributed by atoms with Crippen LogP contribution in [-0.2, 0) is 4.74 Å². The van der Waals surface area contributed by atoms with Gasteiger partial charge in [0, 0.05) is 5.02 Å².